The second-order valence-electron chi connectivity index (χ2n) is 5.89. The summed E-state index contributed by atoms with van der Waals surface area (Å²) in [4.78, 5) is 14.6. The Hall–Kier alpha value is -2.79. The molecule has 164 valence electrons. The minimum absolute atomic E-state index is 0.123. The van der Waals surface area contributed by atoms with Crippen molar-refractivity contribution in [1.29, 1.82) is 0 Å². The maximum atomic E-state index is 11.8. The summed E-state index contributed by atoms with van der Waals surface area (Å²) < 4.78 is 37.6. The van der Waals surface area contributed by atoms with Gasteiger partial charge in [0, 0.05) is 18.9 Å². The average molecular weight is 431 g/mol. The van der Waals surface area contributed by atoms with Gasteiger partial charge < -0.3 is 19.3 Å². The van der Waals surface area contributed by atoms with Crippen LogP contribution >= 0.6 is 0 Å². The van der Waals surface area contributed by atoms with Gasteiger partial charge in [-0.05, 0) is 43.0 Å². The van der Waals surface area contributed by atoms with Crippen molar-refractivity contribution in [3.05, 3.63) is 29.8 Å². The molecule has 1 aromatic carbocycles. The van der Waals surface area contributed by atoms with Gasteiger partial charge in [0.15, 0.2) is 11.5 Å². The SMILES string of the molecule is COc1ccc(/C=C/C(=O)NCCCCC[NH+]=C(N)N)cc1OC.CS(=O)(=O)[O-]. The zero-order valence-corrected chi connectivity index (χ0v) is 17.8. The predicted octanol–water partition coefficient (Wildman–Crippen LogP) is -1.48. The molecule has 1 aromatic rings. The summed E-state index contributed by atoms with van der Waals surface area (Å²) in [5, 5.41) is 2.85. The predicted molar refractivity (Wildman–Crippen MR) is 110 cm³/mol. The lowest BCUT2D eigenvalue weighted by atomic mass is 10.2. The molecule has 0 saturated carbocycles. The molecule has 0 heterocycles. The third-order valence-corrected chi connectivity index (χ3v) is 3.32. The van der Waals surface area contributed by atoms with Gasteiger partial charge in [-0.3, -0.25) is 21.3 Å². The number of unbranched alkanes of at least 4 members (excludes halogenated alkanes) is 2. The first-order valence-electron chi connectivity index (χ1n) is 8.77. The van der Waals surface area contributed by atoms with Crippen molar-refractivity contribution < 1.29 is 32.2 Å². The summed E-state index contributed by atoms with van der Waals surface area (Å²) in [6.07, 6.45) is 6.69. The second-order valence-corrected chi connectivity index (χ2v) is 7.29. The standard InChI is InChI=1S/C17H26N4O3.CH4O3S/c1-23-14-8-6-13(12-15(14)24-2)7-9-16(22)20-10-4-3-5-11-21-17(18)19;1-5(2,3)4/h6-9,12H,3-5,10-11H2,1-2H3,(H,20,22)(H4,18,19,21);1H3,(H,2,3,4)/b9-7+;. The fraction of sp³-hybridized carbons (Fsp3) is 0.444. The minimum Gasteiger partial charge on any atom is -0.748 e. The number of rotatable bonds is 10. The highest BCUT2D eigenvalue weighted by molar-refractivity contribution is 7.84. The smallest absolute Gasteiger partial charge is 0.338 e. The molecule has 29 heavy (non-hydrogen) atoms. The van der Waals surface area contributed by atoms with Crippen molar-refractivity contribution in [2.24, 2.45) is 11.5 Å². The Morgan fingerprint density at radius 1 is 1.17 bits per heavy atom. The molecule has 6 N–H and O–H groups in total. The minimum atomic E-state index is -3.92. The zero-order chi connectivity index (χ0) is 22.3. The van der Waals surface area contributed by atoms with Gasteiger partial charge in [0.2, 0.25) is 5.91 Å². The van der Waals surface area contributed by atoms with E-state index >= 15 is 0 Å². The molecule has 10 nitrogen and oxygen atoms in total. The van der Waals surface area contributed by atoms with Crippen molar-refractivity contribution in [2.75, 3.05) is 33.6 Å². The monoisotopic (exact) mass is 430 g/mol. The molecule has 0 atom stereocenters. The van der Waals surface area contributed by atoms with Crippen molar-refractivity contribution in [3.63, 3.8) is 0 Å². The highest BCUT2D eigenvalue weighted by Gasteiger charge is 2.03. The summed E-state index contributed by atoms with van der Waals surface area (Å²) in [6.45, 7) is 1.38. The largest absolute Gasteiger partial charge is 0.748 e. The Balaban J connectivity index is 0.00000139. The summed E-state index contributed by atoms with van der Waals surface area (Å²) in [5.41, 5.74) is 11.5. The molecule has 0 radical (unpaired) electrons. The van der Waals surface area contributed by atoms with E-state index in [1.54, 1.807) is 26.4 Å². The van der Waals surface area contributed by atoms with E-state index in [4.69, 9.17) is 33.9 Å². The fourth-order valence-electron chi connectivity index (χ4n) is 2.06. The first kappa shape index (κ1) is 26.2. The highest BCUT2D eigenvalue weighted by Crippen LogP contribution is 2.27. The lowest BCUT2D eigenvalue weighted by Crippen LogP contribution is -2.78. The number of amides is 1. The van der Waals surface area contributed by atoms with E-state index < -0.39 is 10.1 Å². The molecule has 0 aliphatic heterocycles. The topological polar surface area (TPSA) is 171 Å². The number of nitrogens with two attached hydrogens (primary N) is 2. The van der Waals surface area contributed by atoms with Crippen molar-refractivity contribution in [3.8, 4) is 11.5 Å². The van der Waals surface area contributed by atoms with Crippen LogP contribution in [0.2, 0.25) is 0 Å². The molecule has 0 aliphatic carbocycles. The van der Waals surface area contributed by atoms with E-state index in [2.05, 4.69) is 10.3 Å². The lowest BCUT2D eigenvalue weighted by Gasteiger charge is -2.07. The zero-order valence-electron chi connectivity index (χ0n) is 16.9. The van der Waals surface area contributed by atoms with Gasteiger partial charge >= 0.3 is 5.96 Å². The number of guanidine groups is 1. The second kappa shape index (κ2) is 14.2. The molecule has 0 spiro atoms. The van der Waals surface area contributed by atoms with Crippen LogP contribution < -0.4 is 31.3 Å². The number of methoxy groups -OCH3 is 2. The number of carbonyl (C=O) groups excluding carboxylic acids is 1. The van der Waals surface area contributed by atoms with Crippen LogP contribution in [0.5, 0.6) is 11.5 Å². The van der Waals surface area contributed by atoms with Gasteiger partial charge in [-0.1, -0.05) is 6.07 Å². The van der Waals surface area contributed by atoms with Crippen LogP contribution in [-0.2, 0) is 14.9 Å². The van der Waals surface area contributed by atoms with Crippen LogP contribution in [-0.4, -0.2) is 58.4 Å². The van der Waals surface area contributed by atoms with E-state index in [1.165, 1.54) is 6.08 Å². The van der Waals surface area contributed by atoms with E-state index in [1.807, 2.05) is 12.1 Å². The molecular formula is C18H30N4O6S. The third kappa shape index (κ3) is 15.9. The van der Waals surface area contributed by atoms with Crippen molar-refractivity contribution in [2.45, 2.75) is 19.3 Å². The quantitative estimate of drug-likeness (QED) is 0.114. The van der Waals surface area contributed by atoms with Gasteiger partial charge in [-0.2, -0.15) is 0 Å². The third-order valence-electron chi connectivity index (χ3n) is 3.32. The Kier molecular flexibility index (Phi) is 12.9. The Morgan fingerprint density at radius 2 is 1.79 bits per heavy atom. The maximum absolute atomic E-state index is 11.8. The number of hydrogen-bond acceptors (Lipinski definition) is 6. The fourth-order valence-corrected chi connectivity index (χ4v) is 2.06. The summed E-state index contributed by atoms with van der Waals surface area (Å²) in [7, 11) is -0.756. The maximum Gasteiger partial charge on any atom is 0.338 e. The molecule has 0 aromatic heterocycles. The van der Waals surface area contributed by atoms with E-state index in [9.17, 15) is 4.79 Å². The van der Waals surface area contributed by atoms with E-state index in [0.29, 0.717) is 24.3 Å². The van der Waals surface area contributed by atoms with Crippen molar-refractivity contribution in [1.82, 2.24) is 5.32 Å². The first-order chi connectivity index (χ1) is 13.6. The molecule has 1 rings (SSSR count). The number of ether oxygens (including phenoxy) is 2. The van der Waals surface area contributed by atoms with Crippen LogP contribution in [0.4, 0.5) is 0 Å². The van der Waals surface area contributed by atoms with Crippen LogP contribution in [0, 0.1) is 0 Å². The normalized spacial score (nSPS) is 10.6. The van der Waals surface area contributed by atoms with Crippen LogP contribution in [0.15, 0.2) is 24.3 Å². The van der Waals surface area contributed by atoms with E-state index in [-0.39, 0.29) is 11.9 Å². The lowest BCUT2D eigenvalue weighted by molar-refractivity contribution is -0.459. The Morgan fingerprint density at radius 3 is 2.34 bits per heavy atom. The van der Waals surface area contributed by atoms with Gasteiger partial charge in [0.1, 0.15) is 0 Å². The number of nitrogens with one attached hydrogen (secondary N) is 2. The number of benzene rings is 1. The molecule has 0 saturated heterocycles. The number of carbonyl (C=O) groups is 1. The van der Waals surface area contributed by atoms with Gasteiger partial charge in [-0.15, -0.1) is 0 Å². The van der Waals surface area contributed by atoms with E-state index in [0.717, 1.165) is 31.4 Å². The van der Waals surface area contributed by atoms with Crippen molar-refractivity contribution >= 4 is 28.1 Å². The molecule has 1 amide bonds. The summed E-state index contributed by atoms with van der Waals surface area (Å²) in [5.74, 6) is 1.40. The Bertz CT molecular complexity index is 782. The van der Waals surface area contributed by atoms with Gasteiger partial charge in [-0.25, -0.2) is 8.42 Å². The molecular weight excluding hydrogens is 400 g/mol. The Labute approximate surface area is 171 Å². The molecule has 0 aliphatic rings. The first-order valence-corrected chi connectivity index (χ1v) is 10.6. The molecule has 11 heteroatoms. The molecule has 0 unspecified atom stereocenters. The summed E-state index contributed by atoms with van der Waals surface area (Å²) >= 11 is 0. The van der Waals surface area contributed by atoms with Gasteiger partial charge in [0.05, 0.1) is 30.9 Å². The van der Waals surface area contributed by atoms with Crippen LogP contribution in [0.3, 0.4) is 0 Å². The van der Waals surface area contributed by atoms with Crippen LogP contribution in [0.25, 0.3) is 6.08 Å². The highest BCUT2D eigenvalue weighted by atomic mass is 32.2. The number of hydrogen-bond donors (Lipinski definition) is 4. The molecule has 0 fully saturated rings. The molecule has 0 bridgehead atoms. The van der Waals surface area contributed by atoms with Crippen LogP contribution in [0.1, 0.15) is 24.8 Å². The average Bonchev–Trinajstić information content (AvgIpc) is 2.63. The summed E-state index contributed by atoms with van der Waals surface area (Å²) in [6, 6.07) is 5.48. The van der Waals surface area contributed by atoms with Gasteiger partial charge in [0.25, 0.3) is 0 Å².